The van der Waals surface area contributed by atoms with E-state index in [9.17, 15) is 0 Å². The lowest BCUT2D eigenvalue weighted by atomic mass is 9.96. The zero-order valence-electron chi connectivity index (χ0n) is 8.43. The summed E-state index contributed by atoms with van der Waals surface area (Å²) < 4.78 is 0. The van der Waals surface area contributed by atoms with Gasteiger partial charge in [-0.1, -0.05) is 32.4 Å². The summed E-state index contributed by atoms with van der Waals surface area (Å²) in [4.78, 5) is 11.8. The molecule has 2 aromatic heterocycles. The van der Waals surface area contributed by atoms with Gasteiger partial charge in [-0.3, -0.25) is 0 Å². The van der Waals surface area contributed by atoms with E-state index in [-0.39, 0.29) is 5.41 Å². The summed E-state index contributed by atoms with van der Waals surface area (Å²) in [7, 11) is 0. The minimum Gasteiger partial charge on any atom is -0.340 e. The van der Waals surface area contributed by atoms with Crippen LogP contribution in [-0.2, 0) is 5.41 Å². The Morgan fingerprint density at radius 3 is 2.57 bits per heavy atom. The molecule has 0 aliphatic heterocycles. The molecule has 2 rings (SSSR count). The third kappa shape index (κ3) is 1.60. The fraction of sp³-hybridized carbons (Fsp3) is 0.400. The molecule has 0 amide bonds. The molecule has 0 bridgehead atoms. The van der Waals surface area contributed by atoms with E-state index in [1.807, 2.05) is 6.07 Å². The fourth-order valence-corrected chi connectivity index (χ4v) is 1.37. The predicted octanol–water partition coefficient (Wildman–Crippen LogP) is 2.91. The molecule has 0 saturated heterocycles. The normalized spacial score (nSPS) is 12.3. The second kappa shape index (κ2) is 2.95. The summed E-state index contributed by atoms with van der Waals surface area (Å²) >= 11 is 5.78. The number of hydrogen-bond acceptors (Lipinski definition) is 2. The first-order chi connectivity index (χ1) is 6.47. The molecule has 0 radical (unpaired) electrons. The molecule has 0 saturated carbocycles. The van der Waals surface area contributed by atoms with Crippen LogP contribution in [0.2, 0.25) is 5.15 Å². The number of aromatic nitrogens is 3. The largest absolute Gasteiger partial charge is 0.340 e. The van der Waals surface area contributed by atoms with E-state index in [2.05, 4.69) is 35.7 Å². The Kier molecular flexibility index (Phi) is 2.00. The van der Waals surface area contributed by atoms with E-state index in [0.717, 1.165) is 11.3 Å². The molecule has 14 heavy (non-hydrogen) atoms. The van der Waals surface area contributed by atoms with E-state index in [1.54, 1.807) is 6.07 Å². The first-order valence-electron chi connectivity index (χ1n) is 4.49. The Hall–Kier alpha value is -1.09. The minimum atomic E-state index is 0.00712. The van der Waals surface area contributed by atoms with Gasteiger partial charge in [-0.2, -0.15) is 0 Å². The molecule has 74 valence electrons. The lowest BCUT2D eigenvalue weighted by Crippen LogP contribution is -2.12. The van der Waals surface area contributed by atoms with E-state index in [0.29, 0.717) is 10.8 Å². The Morgan fingerprint density at radius 1 is 1.21 bits per heavy atom. The molecule has 3 nitrogen and oxygen atoms in total. The van der Waals surface area contributed by atoms with Crippen molar-refractivity contribution in [2.45, 2.75) is 26.2 Å². The standard InChI is InChI=1S/C10H12ClN3/c1-10(2,3)9-12-6-4-5-7(11)13-8(6)14-9/h4-5H,1-3H3,(H,12,13,14). The number of pyridine rings is 1. The van der Waals surface area contributed by atoms with Gasteiger partial charge in [-0.25, -0.2) is 9.97 Å². The second-order valence-electron chi connectivity index (χ2n) is 4.34. The zero-order chi connectivity index (χ0) is 10.3. The molecule has 4 heteroatoms. The fourth-order valence-electron chi connectivity index (χ4n) is 1.22. The Labute approximate surface area is 87.5 Å². The topological polar surface area (TPSA) is 41.6 Å². The van der Waals surface area contributed by atoms with Crippen LogP contribution < -0.4 is 0 Å². The Balaban J connectivity index is 2.63. The van der Waals surface area contributed by atoms with Gasteiger partial charge in [-0.15, -0.1) is 0 Å². The van der Waals surface area contributed by atoms with Gasteiger partial charge < -0.3 is 4.98 Å². The third-order valence-electron chi connectivity index (χ3n) is 2.02. The van der Waals surface area contributed by atoms with Crippen molar-refractivity contribution >= 4 is 22.8 Å². The van der Waals surface area contributed by atoms with Crippen LogP contribution in [0.3, 0.4) is 0 Å². The predicted molar refractivity (Wildman–Crippen MR) is 57.6 cm³/mol. The maximum Gasteiger partial charge on any atom is 0.179 e. The van der Waals surface area contributed by atoms with Gasteiger partial charge in [0.2, 0.25) is 0 Å². The molecular formula is C10H12ClN3. The number of aromatic amines is 1. The highest BCUT2D eigenvalue weighted by atomic mass is 35.5. The summed E-state index contributed by atoms with van der Waals surface area (Å²) in [6, 6.07) is 3.65. The van der Waals surface area contributed by atoms with Crippen LogP contribution in [0, 0.1) is 0 Å². The van der Waals surface area contributed by atoms with Crippen molar-refractivity contribution in [2.24, 2.45) is 0 Å². The number of H-pyrrole nitrogens is 1. The summed E-state index contributed by atoms with van der Waals surface area (Å²) in [5, 5.41) is 0.476. The molecule has 2 aromatic rings. The average Bonchev–Trinajstić information content (AvgIpc) is 2.45. The number of hydrogen-bond donors (Lipinski definition) is 1. The highest BCUT2D eigenvalue weighted by molar-refractivity contribution is 6.29. The van der Waals surface area contributed by atoms with E-state index in [4.69, 9.17) is 11.6 Å². The van der Waals surface area contributed by atoms with E-state index in [1.165, 1.54) is 0 Å². The molecule has 2 heterocycles. The highest BCUT2D eigenvalue weighted by Gasteiger charge is 2.18. The van der Waals surface area contributed by atoms with Gasteiger partial charge in [0.05, 0.1) is 5.52 Å². The molecule has 0 aromatic carbocycles. The van der Waals surface area contributed by atoms with Crippen molar-refractivity contribution in [1.82, 2.24) is 15.0 Å². The summed E-state index contributed by atoms with van der Waals surface area (Å²) in [5.74, 6) is 0.933. The number of rotatable bonds is 0. The van der Waals surface area contributed by atoms with Gasteiger partial charge >= 0.3 is 0 Å². The van der Waals surface area contributed by atoms with Crippen LogP contribution in [0.25, 0.3) is 11.2 Å². The van der Waals surface area contributed by atoms with Crippen molar-refractivity contribution in [1.29, 1.82) is 0 Å². The number of nitrogens with one attached hydrogen (secondary N) is 1. The first-order valence-corrected chi connectivity index (χ1v) is 4.87. The molecule has 0 fully saturated rings. The smallest absolute Gasteiger partial charge is 0.179 e. The number of nitrogens with zero attached hydrogens (tertiary/aromatic N) is 2. The average molecular weight is 210 g/mol. The maximum absolute atomic E-state index is 5.78. The maximum atomic E-state index is 5.78. The van der Waals surface area contributed by atoms with Crippen LogP contribution in [-0.4, -0.2) is 15.0 Å². The van der Waals surface area contributed by atoms with Crippen molar-refractivity contribution in [2.75, 3.05) is 0 Å². The van der Waals surface area contributed by atoms with Crippen LogP contribution >= 0.6 is 11.6 Å². The van der Waals surface area contributed by atoms with Crippen molar-refractivity contribution in [3.05, 3.63) is 23.1 Å². The zero-order valence-corrected chi connectivity index (χ0v) is 9.18. The molecular weight excluding hydrogens is 198 g/mol. The van der Waals surface area contributed by atoms with Crippen molar-refractivity contribution in [3.8, 4) is 0 Å². The molecule has 0 aliphatic rings. The molecule has 0 spiro atoms. The van der Waals surface area contributed by atoms with Crippen molar-refractivity contribution in [3.63, 3.8) is 0 Å². The van der Waals surface area contributed by atoms with Crippen LogP contribution in [0.4, 0.5) is 0 Å². The highest BCUT2D eigenvalue weighted by Crippen LogP contribution is 2.22. The molecule has 0 atom stereocenters. The van der Waals surface area contributed by atoms with Gasteiger partial charge in [0.25, 0.3) is 0 Å². The lowest BCUT2D eigenvalue weighted by Gasteiger charge is -2.13. The van der Waals surface area contributed by atoms with Crippen LogP contribution in [0.1, 0.15) is 26.6 Å². The lowest BCUT2D eigenvalue weighted by molar-refractivity contribution is 0.554. The molecule has 0 aliphatic carbocycles. The second-order valence-corrected chi connectivity index (χ2v) is 4.73. The van der Waals surface area contributed by atoms with Gasteiger partial charge in [-0.05, 0) is 12.1 Å². The minimum absolute atomic E-state index is 0.00712. The Morgan fingerprint density at radius 2 is 1.93 bits per heavy atom. The summed E-state index contributed by atoms with van der Waals surface area (Å²) in [5.41, 5.74) is 1.62. The summed E-state index contributed by atoms with van der Waals surface area (Å²) in [6.45, 7) is 6.31. The number of imidazole rings is 1. The SMILES string of the molecule is CC(C)(C)c1nc2nc(Cl)ccc2[nH]1. The van der Waals surface area contributed by atoms with Gasteiger partial charge in [0.15, 0.2) is 5.65 Å². The first kappa shape index (κ1) is 9.46. The van der Waals surface area contributed by atoms with Crippen molar-refractivity contribution < 1.29 is 0 Å². The third-order valence-corrected chi connectivity index (χ3v) is 2.23. The van der Waals surface area contributed by atoms with Crippen LogP contribution in [0.5, 0.6) is 0 Å². The number of fused-ring (bicyclic) bond motifs is 1. The quantitative estimate of drug-likeness (QED) is 0.678. The van der Waals surface area contributed by atoms with Gasteiger partial charge in [0, 0.05) is 5.41 Å². The van der Waals surface area contributed by atoms with E-state index >= 15 is 0 Å². The van der Waals surface area contributed by atoms with Crippen LogP contribution in [0.15, 0.2) is 12.1 Å². The molecule has 1 N–H and O–H groups in total. The monoisotopic (exact) mass is 209 g/mol. The summed E-state index contributed by atoms with van der Waals surface area (Å²) in [6.07, 6.45) is 0. The van der Waals surface area contributed by atoms with Gasteiger partial charge in [0.1, 0.15) is 11.0 Å². The molecule has 0 unspecified atom stereocenters. The number of halogens is 1. The van der Waals surface area contributed by atoms with E-state index < -0.39 is 0 Å². The Bertz CT molecular complexity index is 468.